The predicted octanol–water partition coefficient (Wildman–Crippen LogP) is 5.58. The minimum atomic E-state index is -0.312. The van der Waals surface area contributed by atoms with Gasteiger partial charge in [0.15, 0.2) is 0 Å². The van der Waals surface area contributed by atoms with E-state index in [1.165, 1.54) is 23.5 Å². The fourth-order valence-electron chi connectivity index (χ4n) is 3.19. The number of thiophene rings is 1. The van der Waals surface area contributed by atoms with E-state index in [0.29, 0.717) is 22.1 Å². The summed E-state index contributed by atoms with van der Waals surface area (Å²) < 4.78 is 26.1. The van der Waals surface area contributed by atoms with Crippen LogP contribution in [-0.4, -0.2) is 28.9 Å². The van der Waals surface area contributed by atoms with Crippen molar-refractivity contribution >= 4 is 33.1 Å². The molecule has 0 spiro atoms. The van der Waals surface area contributed by atoms with Crippen LogP contribution in [0.3, 0.4) is 0 Å². The third-order valence-electron chi connectivity index (χ3n) is 4.64. The van der Waals surface area contributed by atoms with E-state index < -0.39 is 0 Å². The predicted molar refractivity (Wildman–Crippen MR) is 120 cm³/mol. The van der Waals surface area contributed by atoms with Gasteiger partial charge in [-0.2, -0.15) is 5.10 Å². The average molecular weight is 440 g/mol. The number of carbonyl (C=O) groups is 1. The Morgan fingerprint density at radius 3 is 2.58 bits per heavy atom. The van der Waals surface area contributed by atoms with Gasteiger partial charge in [0, 0.05) is 11.5 Å². The number of halogens is 1. The van der Waals surface area contributed by atoms with Crippen LogP contribution in [0.5, 0.6) is 11.5 Å². The molecular formula is C23H22FN3O3S. The molecule has 4 aromatic rings. The maximum atomic E-state index is 13.3. The number of rotatable bonds is 6. The van der Waals surface area contributed by atoms with Crippen molar-refractivity contribution in [1.82, 2.24) is 9.78 Å². The number of hydrogen-bond donors (Lipinski definition) is 1. The minimum absolute atomic E-state index is 0.0438. The summed E-state index contributed by atoms with van der Waals surface area (Å²) in [6.07, 6.45) is -0.0438. The van der Waals surface area contributed by atoms with Crippen LogP contribution in [0.1, 0.15) is 29.2 Å². The first kappa shape index (κ1) is 20.9. The van der Waals surface area contributed by atoms with Crippen LogP contribution < -0.4 is 14.8 Å². The highest BCUT2D eigenvalue weighted by Gasteiger charge is 2.19. The molecule has 160 valence electrons. The molecule has 1 amide bonds. The number of fused-ring (bicyclic) bond motifs is 1. The molecule has 0 fully saturated rings. The van der Waals surface area contributed by atoms with Crippen molar-refractivity contribution in [2.45, 2.75) is 26.9 Å². The van der Waals surface area contributed by atoms with Crippen molar-refractivity contribution in [3.63, 3.8) is 0 Å². The quantitative estimate of drug-likeness (QED) is 0.426. The summed E-state index contributed by atoms with van der Waals surface area (Å²) >= 11 is 1.32. The van der Waals surface area contributed by atoms with Crippen LogP contribution in [0.4, 0.5) is 10.1 Å². The van der Waals surface area contributed by atoms with E-state index in [2.05, 4.69) is 10.4 Å². The van der Waals surface area contributed by atoms with Gasteiger partial charge >= 0.3 is 0 Å². The molecule has 0 atom stereocenters. The molecule has 0 aliphatic rings. The first-order valence-corrected chi connectivity index (χ1v) is 10.6. The van der Waals surface area contributed by atoms with E-state index in [1.807, 2.05) is 26.8 Å². The lowest BCUT2D eigenvalue weighted by molar-refractivity contribution is 0.102. The van der Waals surface area contributed by atoms with Crippen LogP contribution in [0.25, 0.3) is 15.9 Å². The van der Waals surface area contributed by atoms with Gasteiger partial charge in [0.05, 0.1) is 35.2 Å². The van der Waals surface area contributed by atoms with E-state index >= 15 is 0 Å². The van der Waals surface area contributed by atoms with Crippen molar-refractivity contribution in [2.24, 2.45) is 0 Å². The second kappa shape index (κ2) is 8.39. The zero-order valence-electron chi connectivity index (χ0n) is 17.6. The van der Waals surface area contributed by atoms with Gasteiger partial charge < -0.3 is 14.8 Å². The van der Waals surface area contributed by atoms with Gasteiger partial charge in [0.2, 0.25) is 0 Å². The molecular weight excluding hydrogens is 417 g/mol. The topological polar surface area (TPSA) is 65.4 Å². The molecule has 0 saturated heterocycles. The number of benzene rings is 2. The van der Waals surface area contributed by atoms with E-state index in [0.717, 1.165) is 21.6 Å². The molecule has 2 aromatic heterocycles. The normalized spacial score (nSPS) is 11.2. The third kappa shape index (κ3) is 4.25. The fraction of sp³-hybridized carbons (Fsp3) is 0.217. The Morgan fingerprint density at radius 2 is 1.90 bits per heavy atom. The molecule has 6 nitrogen and oxygen atoms in total. The Morgan fingerprint density at radius 1 is 1.16 bits per heavy atom. The molecule has 4 rings (SSSR count). The number of carbonyl (C=O) groups excluding carboxylic acids is 1. The van der Waals surface area contributed by atoms with Crippen LogP contribution in [0.2, 0.25) is 0 Å². The Balaban J connectivity index is 1.68. The van der Waals surface area contributed by atoms with Gasteiger partial charge in [-0.3, -0.25) is 4.79 Å². The summed E-state index contributed by atoms with van der Waals surface area (Å²) in [6, 6.07) is 13.2. The Hall–Kier alpha value is -3.39. The Bertz CT molecular complexity index is 1250. The van der Waals surface area contributed by atoms with Crippen molar-refractivity contribution in [2.75, 3.05) is 12.4 Å². The highest BCUT2D eigenvalue weighted by molar-refractivity contribution is 7.20. The molecule has 31 heavy (non-hydrogen) atoms. The summed E-state index contributed by atoms with van der Waals surface area (Å²) in [6.45, 7) is 5.73. The van der Waals surface area contributed by atoms with Gasteiger partial charge in [-0.05, 0) is 63.2 Å². The first-order valence-electron chi connectivity index (χ1n) is 9.77. The highest BCUT2D eigenvalue weighted by Crippen LogP contribution is 2.33. The molecule has 0 saturated carbocycles. The first-order chi connectivity index (χ1) is 14.9. The molecule has 2 aromatic carbocycles. The number of nitrogens with one attached hydrogen (secondary N) is 1. The number of amides is 1. The zero-order chi connectivity index (χ0) is 22.1. The van der Waals surface area contributed by atoms with Gasteiger partial charge in [-0.15, -0.1) is 11.3 Å². The maximum Gasteiger partial charge on any atom is 0.265 e. The van der Waals surface area contributed by atoms with Gasteiger partial charge in [-0.1, -0.05) is 0 Å². The van der Waals surface area contributed by atoms with Crippen molar-refractivity contribution in [3.8, 4) is 17.2 Å². The number of anilines is 1. The van der Waals surface area contributed by atoms with E-state index in [9.17, 15) is 9.18 Å². The lowest BCUT2D eigenvalue weighted by Crippen LogP contribution is -2.13. The Kier molecular flexibility index (Phi) is 5.65. The molecule has 2 heterocycles. The van der Waals surface area contributed by atoms with Crippen LogP contribution in [0.15, 0.2) is 48.5 Å². The fourth-order valence-corrected chi connectivity index (χ4v) is 4.27. The van der Waals surface area contributed by atoms with Gasteiger partial charge in [-0.25, -0.2) is 9.07 Å². The molecule has 8 heteroatoms. The van der Waals surface area contributed by atoms with Crippen molar-refractivity contribution in [1.29, 1.82) is 0 Å². The second-order valence-electron chi connectivity index (χ2n) is 7.29. The second-order valence-corrected chi connectivity index (χ2v) is 8.32. The molecule has 0 unspecified atom stereocenters. The number of ether oxygens (including phenoxy) is 2. The molecule has 0 aliphatic carbocycles. The van der Waals surface area contributed by atoms with Crippen molar-refractivity contribution < 1.29 is 18.7 Å². The third-order valence-corrected chi connectivity index (χ3v) is 5.75. The SMILES string of the molecule is COc1ccc(OC(C)C)c(NC(=O)c2cc3c(C)nn(-c4ccc(F)cc4)c3s2)c1. The average Bonchev–Trinajstić information content (AvgIpc) is 3.30. The monoisotopic (exact) mass is 439 g/mol. The minimum Gasteiger partial charge on any atom is -0.497 e. The largest absolute Gasteiger partial charge is 0.497 e. The van der Waals surface area contributed by atoms with Crippen LogP contribution >= 0.6 is 11.3 Å². The summed E-state index contributed by atoms with van der Waals surface area (Å²) in [5, 5.41) is 8.35. The number of aromatic nitrogens is 2. The molecule has 0 aliphatic heterocycles. The maximum absolute atomic E-state index is 13.3. The standard InChI is InChI=1S/C23H22FN3O3S/c1-13(2)30-20-10-9-17(29-4)11-19(20)25-22(28)21-12-18-14(3)26-27(23(18)31-21)16-7-5-15(24)6-8-16/h5-13H,1-4H3,(H,25,28). The zero-order valence-corrected chi connectivity index (χ0v) is 18.4. The summed E-state index contributed by atoms with van der Waals surface area (Å²) in [4.78, 5) is 14.4. The number of nitrogens with zero attached hydrogens (tertiary/aromatic N) is 2. The summed E-state index contributed by atoms with van der Waals surface area (Å²) in [7, 11) is 1.57. The van der Waals surface area contributed by atoms with Crippen LogP contribution in [-0.2, 0) is 0 Å². The van der Waals surface area contributed by atoms with Gasteiger partial charge in [0.25, 0.3) is 5.91 Å². The number of methoxy groups -OCH3 is 1. The summed E-state index contributed by atoms with van der Waals surface area (Å²) in [5.74, 6) is 0.616. The van der Waals surface area contributed by atoms with E-state index in [4.69, 9.17) is 9.47 Å². The Labute approximate surface area is 183 Å². The lowest BCUT2D eigenvalue weighted by atomic mass is 10.2. The molecule has 0 bridgehead atoms. The summed E-state index contributed by atoms with van der Waals surface area (Å²) in [5.41, 5.74) is 2.06. The van der Waals surface area contributed by atoms with E-state index in [1.54, 1.807) is 42.1 Å². The van der Waals surface area contributed by atoms with Crippen molar-refractivity contribution in [3.05, 3.63) is 64.9 Å². The molecule has 0 radical (unpaired) electrons. The highest BCUT2D eigenvalue weighted by atomic mass is 32.1. The number of aryl methyl sites for hydroxylation is 1. The van der Waals surface area contributed by atoms with Gasteiger partial charge in [0.1, 0.15) is 22.1 Å². The van der Waals surface area contributed by atoms with E-state index in [-0.39, 0.29) is 17.8 Å². The van der Waals surface area contributed by atoms with Crippen LogP contribution in [0, 0.1) is 12.7 Å². The lowest BCUT2D eigenvalue weighted by Gasteiger charge is -2.15. The smallest absolute Gasteiger partial charge is 0.265 e. The molecule has 1 N–H and O–H groups in total. The number of hydrogen-bond acceptors (Lipinski definition) is 5.